The van der Waals surface area contributed by atoms with Crippen molar-refractivity contribution in [2.45, 2.75) is 32.1 Å². The Morgan fingerprint density at radius 1 is 0.559 bits per heavy atom. The molecule has 0 aliphatic rings. The van der Waals surface area contributed by atoms with Gasteiger partial charge in [0.15, 0.2) is 17.5 Å². The summed E-state index contributed by atoms with van der Waals surface area (Å²) >= 11 is 0. The Labute approximate surface area is 200 Å². The van der Waals surface area contributed by atoms with Crippen molar-refractivity contribution in [3.8, 4) is 34.2 Å². The van der Waals surface area contributed by atoms with Gasteiger partial charge in [-0.25, -0.2) is 15.0 Å². The van der Waals surface area contributed by atoms with Crippen LogP contribution in [0.3, 0.4) is 0 Å². The number of hydrogen-bond donors (Lipinski definition) is 2. The van der Waals surface area contributed by atoms with E-state index in [1.807, 2.05) is 72.8 Å². The van der Waals surface area contributed by atoms with Gasteiger partial charge in [-0.2, -0.15) is 0 Å². The maximum Gasteiger partial charge on any atom is 0.325 e. The SMILES string of the molecule is O=P(O)(O)CCCCCCc1ccc(-c2nc(-c3ccccc3)nc(-c3ccccc3)n2)cc1. The van der Waals surface area contributed by atoms with Crippen LogP contribution in [-0.2, 0) is 11.0 Å². The zero-order valence-electron chi connectivity index (χ0n) is 18.9. The van der Waals surface area contributed by atoms with E-state index in [0.29, 0.717) is 23.9 Å². The molecule has 0 radical (unpaired) electrons. The summed E-state index contributed by atoms with van der Waals surface area (Å²) in [6, 6.07) is 28.1. The van der Waals surface area contributed by atoms with E-state index in [0.717, 1.165) is 42.4 Å². The molecule has 7 heteroatoms. The molecule has 0 unspecified atom stereocenters. The van der Waals surface area contributed by atoms with Crippen molar-refractivity contribution < 1.29 is 14.4 Å². The molecule has 0 aliphatic heterocycles. The van der Waals surface area contributed by atoms with Gasteiger partial charge in [-0.15, -0.1) is 0 Å². The lowest BCUT2D eigenvalue weighted by atomic mass is 10.0. The maximum absolute atomic E-state index is 10.9. The van der Waals surface area contributed by atoms with Gasteiger partial charge in [0.05, 0.1) is 0 Å². The van der Waals surface area contributed by atoms with Crippen molar-refractivity contribution >= 4 is 7.60 Å². The third-order valence-electron chi connectivity index (χ3n) is 5.58. The van der Waals surface area contributed by atoms with E-state index in [1.54, 1.807) is 0 Å². The molecule has 6 nitrogen and oxygen atoms in total. The van der Waals surface area contributed by atoms with Gasteiger partial charge in [0.1, 0.15) is 0 Å². The van der Waals surface area contributed by atoms with Gasteiger partial charge in [0.2, 0.25) is 0 Å². The molecular weight excluding hydrogens is 445 g/mol. The van der Waals surface area contributed by atoms with Gasteiger partial charge in [-0.05, 0) is 24.8 Å². The number of hydrogen-bond acceptors (Lipinski definition) is 4. The highest BCUT2D eigenvalue weighted by Gasteiger charge is 2.12. The van der Waals surface area contributed by atoms with E-state index >= 15 is 0 Å². The second kappa shape index (κ2) is 11.3. The summed E-state index contributed by atoms with van der Waals surface area (Å²) in [6.07, 6.45) is 4.24. The molecule has 0 amide bonds. The number of aromatic nitrogens is 3. The molecule has 1 heterocycles. The predicted octanol–water partition coefficient (Wildman–Crippen LogP) is 6.15. The average molecular weight is 474 g/mol. The molecule has 0 saturated heterocycles. The number of unbranched alkanes of at least 4 members (excludes halogenated alkanes) is 3. The molecule has 174 valence electrons. The highest BCUT2D eigenvalue weighted by Crippen LogP contribution is 2.35. The van der Waals surface area contributed by atoms with Crippen molar-refractivity contribution in [1.29, 1.82) is 0 Å². The van der Waals surface area contributed by atoms with E-state index in [1.165, 1.54) is 5.56 Å². The van der Waals surface area contributed by atoms with Crippen molar-refractivity contribution in [3.05, 3.63) is 90.5 Å². The lowest BCUT2D eigenvalue weighted by Gasteiger charge is -2.09. The molecule has 0 aliphatic carbocycles. The summed E-state index contributed by atoms with van der Waals surface area (Å²) in [5.41, 5.74) is 4.04. The van der Waals surface area contributed by atoms with Gasteiger partial charge in [0.25, 0.3) is 0 Å². The Balaban J connectivity index is 1.49. The molecule has 0 fully saturated rings. The Morgan fingerprint density at radius 3 is 1.47 bits per heavy atom. The topological polar surface area (TPSA) is 96.2 Å². The smallest absolute Gasteiger partial charge is 0.324 e. The molecule has 1 aromatic heterocycles. The van der Waals surface area contributed by atoms with Crippen LogP contribution in [0.1, 0.15) is 31.2 Å². The fraction of sp³-hybridized carbons (Fsp3) is 0.222. The quantitative estimate of drug-likeness (QED) is 0.212. The minimum atomic E-state index is -3.87. The zero-order valence-corrected chi connectivity index (χ0v) is 19.8. The number of aryl methyl sites for hydroxylation is 1. The predicted molar refractivity (Wildman–Crippen MR) is 135 cm³/mol. The summed E-state index contributed by atoms with van der Waals surface area (Å²) in [5, 5.41) is 0. The van der Waals surface area contributed by atoms with E-state index in [-0.39, 0.29) is 6.16 Å². The van der Waals surface area contributed by atoms with Crippen LogP contribution in [0.25, 0.3) is 34.2 Å². The lowest BCUT2D eigenvalue weighted by Crippen LogP contribution is -2.00. The minimum Gasteiger partial charge on any atom is -0.324 e. The highest BCUT2D eigenvalue weighted by atomic mass is 31.2. The van der Waals surface area contributed by atoms with Crippen LogP contribution in [-0.4, -0.2) is 30.9 Å². The Kier molecular flexibility index (Phi) is 7.96. The van der Waals surface area contributed by atoms with Gasteiger partial charge in [0, 0.05) is 22.9 Å². The van der Waals surface area contributed by atoms with Crippen molar-refractivity contribution in [2.75, 3.05) is 6.16 Å². The second-order valence-electron chi connectivity index (χ2n) is 8.29. The van der Waals surface area contributed by atoms with Crippen LogP contribution in [0.5, 0.6) is 0 Å². The average Bonchev–Trinajstić information content (AvgIpc) is 2.87. The van der Waals surface area contributed by atoms with E-state index < -0.39 is 7.60 Å². The largest absolute Gasteiger partial charge is 0.325 e. The van der Waals surface area contributed by atoms with E-state index in [2.05, 4.69) is 12.1 Å². The number of nitrogens with zero attached hydrogens (tertiary/aromatic N) is 3. The Morgan fingerprint density at radius 2 is 1.00 bits per heavy atom. The molecule has 34 heavy (non-hydrogen) atoms. The molecule has 0 bridgehead atoms. The van der Waals surface area contributed by atoms with Gasteiger partial charge in [-0.3, -0.25) is 4.57 Å². The summed E-state index contributed by atoms with van der Waals surface area (Å²) in [7, 11) is -3.87. The van der Waals surface area contributed by atoms with Crippen LogP contribution in [0, 0.1) is 0 Å². The molecule has 3 aromatic carbocycles. The van der Waals surface area contributed by atoms with Crippen LogP contribution >= 0.6 is 7.60 Å². The second-order valence-corrected chi connectivity index (χ2v) is 10.1. The standard InChI is InChI=1S/C27H28N3O3P/c31-34(32,33)20-10-2-1-5-11-21-16-18-24(19-17-21)27-29-25(22-12-6-3-7-13-22)28-26(30-27)23-14-8-4-9-15-23/h3-4,6-9,12-19H,1-2,5,10-11,20H2,(H2,31,32,33). The molecular formula is C27H28N3O3P. The zero-order chi connectivity index (χ0) is 23.8. The first-order valence-corrected chi connectivity index (χ1v) is 13.3. The fourth-order valence-electron chi connectivity index (χ4n) is 3.76. The number of benzene rings is 3. The van der Waals surface area contributed by atoms with Gasteiger partial charge in [-0.1, -0.05) is 97.8 Å². The summed E-state index contributed by atoms with van der Waals surface area (Å²) < 4.78 is 10.9. The molecule has 0 saturated carbocycles. The summed E-state index contributed by atoms with van der Waals surface area (Å²) in [5.74, 6) is 1.92. The first-order valence-electron chi connectivity index (χ1n) is 11.5. The van der Waals surface area contributed by atoms with E-state index in [9.17, 15) is 4.57 Å². The monoisotopic (exact) mass is 473 g/mol. The highest BCUT2D eigenvalue weighted by molar-refractivity contribution is 7.51. The van der Waals surface area contributed by atoms with Crippen molar-refractivity contribution in [3.63, 3.8) is 0 Å². The van der Waals surface area contributed by atoms with Gasteiger partial charge >= 0.3 is 7.60 Å². The molecule has 4 rings (SSSR count). The molecule has 0 atom stereocenters. The minimum absolute atomic E-state index is 0.0242. The van der Waals surface area contributed by atoms with Gasteiger partial charge < -0.3 is 9.79 Å². The molecule has 0 spiro atoms. The maximum atomic E-state index is 10.9. The first kappa shape index (κ1) is 24.0. The van der Waals surface area contributed by atoms with E-state index in [4.69, 9.17) is 24.7 Å². The normalized spacial score (nSPS) is 11.5. The number of rotatable bonds is 10. The summed E-state index contributed by atoms with van der Waals surface area (Å²) in [4.78, 5) is 32.1. The fourth-order valence-corrected chi connectivity index (χ4v) is 4.39. The summed E-state index contributed by atoms with van der Waals surface area (Å²) in [6.45, 7) is 0. The molecule has 2 N–H and O–H groups in total. The lowest BCUT2D eigenvalue weighted by molar-refractivity contribution is 0.370. The van der Waals surface area contributed by atoms with Crippen LogP contribution < -0.4 is 0 Å². The van der Waals surface area contributed by atoms with Crippen LogP contribution in [0.2, 0.25) is 0 Å². The molecule has 4 aromatic rings. The van der Waals surface area contributed by atoms with Crippen LogP contribution in [0.4, 0.5) is 0 Å². The Bertz CT molecular complexity index is 1190. The first-order chi connectivity index (χ1) is 16.5. The van der Waals surface area contributed by atoms with Crippen molar-refractivity contribution in [2.24, 2.45) is 0 Å². The van der Waals surface area contributed by atoms with Crippen LogP contribution in [0.15, 0.2) is 84.9 Å². The third-order valence-corrected chi connectivity index (χ3v) is 6.48. The third kappa shape index (κ3) is 6.91. The Hall–Kier alpha value is -3.18. The van der Waals surface area contributed by atoms with Crippen molar-refractivity contribution in [1.82, 2.24) is 15.0 Å².